The number of hydrogen-bond donors (Lipinski definition) is 0. The van der Waals surface area contributed by atoms with E-state index in [4.69, 9.17) is 0 Å². The lowest BCUT2D eigenvalue weighted by Gasteiger charge is -2.21. The van der Waals surface area contributed by atoms with Gasteiger partial charge in [-0.1, -0.05) is 12.1 Å². The van der Waals surface area contributed by atoms with Gasteiger partial charge in [-0.3, -0.25) is 0 Å². The second-order valence-electron chi connectivity index (χ2n) is 5.02. The molecule has 1 aromatic heterocycles. The second kappa shape index (κ2) is 5.27. The van der Waals surface area contributed by atoms with Crippen LogP contribution >= 0.6 is 11.3 Å². The third-order valence-corrected chi connectivity index (χ3v) is 5.98. The minimum atomic E-state index is -3.44. The van der Waals surface area contributed by atoms with Crippen molar-refractivity contribution in [3.63, 3.8) is 0 Å². The largest absolute Gasteiger partial charge is 0.248 e. The highest BCUT2D eigenvalue weighted by atomic mass is 32.2. The standard InChI is InChI=1S/C14H16N2O2S2/c1-11-3-2-4-13(9-11)20(17,18)16(12-5-6-12)10-14-15-7-8-19-14/h2-4,7-9,12H,5-6,10H2,1H3. The Kier molecular flexibility index (Phi) is 3.62. The minimum Gasteiger partial charge on any atom is -0.248 e. The van der Waals surface area contributed by atoms with Crippen LogP contribution in [0, 0.1) is 6.92 Å². The fourth-order valence-corrected chi connectivity index (χ4v) is 4.60. The molecule has 1 heterocycles. The Labute approximate surface area is 123 Å². The second-order valence-corrected chi connectivity index (χ2v) is 7.89. The van der Waals surface area contributed by atoms with Gasteiger partial charge in [-0.2, -0.15) is 4.31 Å². The number of aryl methyl sites for hydroxylation is 1. The molecular weight excluding hydrogens is 292 g/mol. The quantitative estimate of drug-likeness (QED) is 0.853. The van der Waals surface area contributed by atoms with Crippen LogP contribution in [0.4, 0.5) is 0 Å². The van der Waals surface area contributed by atoms with Crippen molar-refractivity contribution in [2.24, 2.45) is 0 Å². The van der Waals surface area contributed by atoms with E-state index in [-0.39, 0.29) is 6.04 Å². The van der Waals surface area contributed by atoms with E-state index in [2.05, 4.69) is 4.98 Å². The zero-order chi connectivity index (χ0) is 14.2. The van der Waals surface area contributed by atoms with Crippen molar-refractivity contribution in [3.05, 3.63) is 46.4 Å². The zero-order valence-electron chi connectivity index (χ0n) is 11.2. The van der Waals surface area contributed by atoms with Crippen LogP contribution in [0.15, 0.2) is 40.7 Å². The number of sulfonamides is 1. The molecule has 1 aliphatic rings. The van der Waals surface area contributed by atoms with Crippen LogP contribution in [-0.4, -0.2) is 23.7 Å². The van der Waals surface area contributed by atoms with Crippen molar-refractivity contribution in [2.45, 2.75) is 37.2 Å². The molecule has 20 heavy (non-hydrogen) atoms. The summed E-state index contributed by atoms with van der Waals surface area (Å²) < 4.78 is 27.2. The first-order valence-electron chi connectivity index (χ1n) is 6.54. The van der Waals surface area contributed by atoms with Crippen molar-refractivity contribution in [1.29, 1.82) is 0 Å². The number of aromatic nitrogens is 1. The van der Waals surface area contributed by atoms with Crippen LogP contribution in [0.3, 0.4) is 0 Å². The van der Waals surface area contributed by atoms with E-state index in [0.717, 1.165) is 23.4 Å². The molecular formula is C14H16N2O2S2. The molecule has 3 rings (SSSR count). The lowest BCUT2D eigenvalue weighted by molar-refractivity contribution is 0.398. The van der Waals surface area contributed by atoms with E-state index in [1.165, 1.54) is 11.3 Å². The first-order valence-corrected chi connectivity index (χ1v) is 8.86. The average molecular weight is 308 g/mol. The molecule has 106 valence electrons. The molecule has 1 saturated carbocycles. The summed E-state index contributed by atoms with van der Waals surface area (Å²) in [5.74, 6) is 0. The molecule has 1 aliphatic carbocycles. The summed E-state index contributed by atoms with van der Waals surface area (Å²) in [6.45, 7) is 2.28. The van der Waals surface area contributed by atoms with Crippen LogP contribution < -0.4 is 0 Å². The van der Waals surface area contributed by atoms with Gasteiger partial charge in [-0.15, -0.1) is 11.3 Å². The van der Waals surface area contributed by atoms with Crippen molar-refractivity contribution in [1.82, 2.24) is 9.29 Å². The molecule has 4 nitrogen and oxygen atoms in total. The summed E-state index contributed by atoms with van der Waals surface area (Å²) in [7, 11) is -3.44. The van der Waals surface area contributed by atoms with Gasteiger partial charge < -0.3 is 0 Å². The third-order valence-electron chi connectivity index (χ3n) is 3.32. The molecule has 0 radical (unpaired) electrons. The lowest BCUT2D eigenvalue weighted by Crippen LogP contribution is -2.32. The Hall–Kier alpha value is -1.24. The van der Waals surface area contributed by atoms with Gasteiger partial charge in [0.2, 0.25) is 10.0 Å². The Morgan fingerprint density at radius 3 is 2.80 bits per heavy atom. The van der Waals surface area contributed by atoms with Gasteiger partial charge in [0, 0.05) is 17.6 Å². The zero-order valence-corrected chi connectivity index (χ0v) is 12.8. The Balaban J connectivity index is 1.94. The van der Waals surface area contributed by atoms with E-state index in [1.807, 2.05) is 18.4 Å². The SMILES string of the molecule is Cc1cccc(S(=O)(=O)N(Cc2nccs2)C2CC2)c1. The van der Waals surface area contributed by atoms with Crippen molar-refractivity contribution in [2.75, 3.05) is 0 Å². The summed E-state index contributed by atoms with van der Waals surface area (Å²) in [5, 5.41) is 2.72. The van der Waals surface area contributed by atoms with E-state index in [9.17, 15) is 8.42 Å². The highest BCUT2D eigenvalue weighted by Crippen LogP contribution is 2.33. The minimum absolute atomic E-state index is 0.129. The molecule has 0 N–H and O–H groups in total. The molecule has 1 fully saturated rings. The molecule has 6 heteroatoms. The number of hydrogen-bond acceptors (Lipinski definition) is 4. The maximum Gasteiger partial charge on any atom is 0.243 e. The van der Waals surface area contributed by atoms with Gasteiger partial charge in [0.15, 0.2) is 0 Å². The fourth-order valence-electron chi connectivity index (χ4n) is 2.15. The van der Waals surface area contributed by atoms with Crippen LogP contribution in [-0.2, 0) is 16.6 Å². The molecule has 0 bridgehead atoms. The molecule has 0 amide bonds. The predicted molar refractivity (Wildman–Crippen MR) is 79.0 cm³/mol. The van der Waals surface area contributed by atoms with E-state index >= 15 is 0 Å². The molecule has 0 saturated heterocycles. The molecule has 2 aromatic rings. The molecule has 0 spiro atoms. The normalized spacial score (nSPS) is 15.7. The Bertz CT molecular complexity index is 692. The fraction of sp³-hybridized carbons (Fsp3) is 0.357. The maximum absolute atomic E-state index is 12.8. The highest BCUT2D eigenvalue weighted by Gasteiger charge is 2.38. The van der Waals surface area contributed by atoms with E-state index < -0.39 is 10.0 Å². The summed E-state index contributed by atoms with van der Waals surface area (Å²) in [6.07, 6.45) is 3.59. The van der Waals surface area contributed by atoms with Crippen molar-refractivity contribution < 1.29 is 8.42 Å². The molecule has 0 unspecified atom stereocenters. The summed E-state index contributed by atoms with van der Waals surface area (Å²) in [5.41, 5.74) is 0.955. The van der Waals surface area contributed by atoms with E-state index in [0.29, 0.717) is 11.4 Å². The first kappa shape index (κ1) is 13.7. The van der Waals surface area contributed by atoms with Gasteiger partial charge in [0.05, 0.1) is 11.4 Å². The predicted octanol–water partition coefficient (Wildman–Crippen LogP) is 2.80. The molecule has 0 aliphatic heterocycles. The average Bonchev–Trinajstić information content (AvgIpc) is 3.12. The maximum atomic E-state index is 12.8. The summed E-state index contributed by atoms with van der Waals surface area (Å²) in [6, 6.07) is 7.22. The van der Waals surface area contributed by atoms with Crippen molar-refractivity contribution in [3.8, 4) is 0 Å². The monoisotopic (exact) mass is 308 g/mol. The van der Waals surface area contributed by atoms with Crippen LogP contribution in [0.2, 0.25) is 0 Å². The third kappa shape index (κ3) is 2.77. The number of nitrogens with zero attached hydrogens (tertiary/aromatic N) is 2. The highest BCUT2D eigenvalue weighted by molar-refractivity contribution is 7.89. The number of thiazole rings is 1. The van der Waals surface area contributed by atoms with Gasteiger partial charge in [-0.25, -0.2) is 13.4 Å². The summed E-state index contributed by atoms with van der Waals surface area (Å²) >= 11 is 1.49. The first-order chi connectivity index (χ1) is 9.57. The van der Waals surface area contributed by atoms with Gasteiger partial charge >= 0.3 is 0 Å². The van der Waals surface area contributed by atoms with Crippen LogP contribution in [0.25, 0.3) is 0 Å². The van der Waals surface area contributed by atoms with Gasteiger partial charge in [0.1, 0.15) is 5.01 Å². The van der Waals surface area contributed by atoms with Gasteiger partial charge in [0.25, 0.3) is 0 Å². The topological polar surface area (TPSA) is 50.3 Å². The number of benzene rings is 1. The molecule has 1 aromatic carbocycles. The molecule has 0 atom stereocenters. The number of rotatable bonds is 5. The van der Waals surface area contributed by atoms with Gasteiger partial charge in [-0.05, 0) is 37.5 Å². The van der Waals surface area contributed by atoms with Crippen LogP contribution in [0.1, 0.15) is 23.4 Å². The van der Waals surface area contributed by atoms with Crippen molar-refractivity contribution >= 4 is 21.4 Å². The smallest absolute Gasteiger partial charge is 0.243 e. The summed E-state index contributed by atoms with van der Waals surface area (Å²) in [4.78, 5) is 4.58. The van der Waals surface area contributed by atoms with E-state index in [1.54, 1.807) is 28.7 Å². The Morgan fingerprint density at radius 1 is 1.40 bits per heavy atom. The van der Waals surface area contributed by atoms with Crippen LogP contribution in [0.5, 0.6) is 0 Å². The lowest BCUT2D eigenvalue weighted by atomic mass is 10.2. The Morgan fingerprint density at radius 2 is 2.20 bits per heavy atom.